The average molecular weight is 270 g/mol. The average Bonchev–Trinajstić information content (AvgIpc) is 2.70. The molecular formula is C15H30N2O2. The van der Waals surface area contributed by atoms with E-state index in [4.69, 9.17) is 4.74 Å². The van der Waals surface area contributed by atoms with Gasteiger partial charge in [-0.2, -0.15) is 0 Å². The topological polar surface area (TPSA) is 41.6 Å². The number of ether oxygens (including phenoxy) is 1. The minimum atomic E-state index is 0.0546. The maximum atomic E-state index is 12.4. The van der Waals surface area contributed by atoms with Crippen LogP contribution < -0.4 is 5.32 Å². The molecule has 4 heteroatoms. The number of rotatable bonds is 10. The van der Waals surface area contributed by atoms with E-state index < -0.39 is 0 Å². The Morgan fingerprint density at radius 1 is 1.16 bits per heavy atom. The molecule has 0 radical (unpaired) electrons. The fraction of sp³-hybridized carbons (Fsp3) is 0.933. The van der Waals surface area contributed by atoms with Crippen molar-refractivity contribution in [1.82, 2.24) is 10.2 Å². The summed E-state index contributed by atoms with van der Waals surface area (Å²) in [5.74, 6) is 0.310. The Kier molecular flexibility index (Phi) is 8.07. The monoisotopic (exact) mass is 270 g/mol. The molecule has 1 fully saturated rings. The van der Waals surface area contributed by atoms with E-state index in [1.165, 1.54) is 0 Å². The molecule has 4 nitrogen and oxygen atoms in total. The van der Waals surface area contributed by atoms with Crippen molar-refractivity contribution in [2.75, 3.05) is 20.3 Å². The second-order valence-corrected chi connectivity index (χ2v) is 5.40. The highest BCUT2D eigenvalue weighted by Crippen LogP contribution is 2.19. The maximum Gasteiger partial charge on any atom is 0.241 e. The molecule has 1 aliphatic heterocycles. The molecule has 0 spiro atoms. The van der Waals surface area contributed by atoms with Crippen LogP contribution in [-0.4, -0.2) is 43.3 Å². The Bertz CT molecular complexity index is 259. The van der Waals surface area contributed by atoms with Gasteiger partial charge in [0.2, 0.25) is 5.91 Å². The molecule has 1 heterocycles. The lowest BCUT2D eigenvalue weighted by molar-refractivity contribution is -0.130. The Morgan fingerprint density at radius 3 is 2.58 bits per heavy atom. The first-order valence-corrected chi connectivity index (χ1v) is 7.80. The summed E-state index contributed by atoms with van der Waals surface area (Å²) >= 11 is 0. The van der Waals surface area contributed by atoms with Crippen molar-refractivity contribution in [3.05, 3.63) is 0 Å². The molecule has 0 bridgehead atoms. The first-order valence-electron chi connectivity index (χ1n) is 7.80. The smallest absolute Gasteiger partial charge is 0.241 e. The van der Waals surface area contributed by atoms with Crippen LogP contribution in [0.15, 0.2) is 0 Å². The van der Waals surface area contributed by atoms with Crippen LogP contribution in [0.5, 0.6) is 0 Å². The molecule has 0 aromatic carbocycles. The van der Waals surface area contributed by atoms with E-state index in [-0.39, 0.29) is 12.2 Å². The molecule has 1 saturated heterocycles. The van der Waals surface area contributed by atoms with Crippen molar-refractivity contribution in [2.24, 2.45) is 0 Å². The molecule has 19 heavy (non-hydrogen) atoms. The zero-order chi connectivity index (χ0) is 14.1. The number of nitrogens with zero attached hydrogens (tertiary/aromatic N) is 1. The van der Waals surface area contributed by atoms with Gasteiger partial charge < -0.3 is 9.64 Å². The zero-order valence-electron chi connectivity index (χ0n) is 12.8. The lowest BCUT2D eigenvalue weighted by atomic mass is 10.1. The van der Waals surface area contributed by atoms with Gasteiger partial charge in [0, 0.05) is 20.3 Å². The van der Waals surface area contributed by atoms with Gasteiger partial charge in [-0.25, -0.2) is 0 Å². The van der Waals surface area contributed by atoms with Crippen LogP contribution in [0.1, 0.15) is 58.8 Å². The predicted octanol–water partition coefficient (Wildman–Crippen LogP) is 2.53. The summed E-state index contributed by atoms with van der Waals surface area (Å²) in [7, 11) is 1.73. The van der Waals surface area contributed by atoms with Gasteiger partial charge in [-0.1, -0.05) is 33.1 Å². The fourth-order valence-corrected chi connectivity index (χ4v) is 2.67. The molecule has 1 rings (SSSR count). The Balaban J connectivity index is 2.46. The summed E-state index contributed by atoms with van der Waals surface area (Å²) in [5, 5.41) is 3.51. The molecule has 0 aliphatic carbocycles. The summed E-state index contributed by atoms with van der Waals surface area (Å²) in [6.45, 7) is 6.00. The number of carbonyl (C=O) groups is 1. The highest BCUT2D eigenvalue weighted by Gasteiger charge is 2.36. The summed E-state index contributed by atoms with van der Waals surface area (Å²) in [6, 6.07) is 0.0546. The molecule has 1 N–H and O–H groups in total. The van der Waals surface area contributed by atoms with Crippen molar-refractivity contribution in [3.63, 3.8) is 0 Å². The van der Waals surface area contributed by atoms with Crippen LogP contribution in [0.25, 0.3) is 0 Å². The van der Waals surface area contributed by atoms with E-state index in [9.17, 15) is 4.79 Å². The second kappa shape index (κ2) is 9.32. The van der Waals surface area contributed by atoms with Crippen molar-refractivity contribution in [3.8, 4) is 0 Å². The highest BCUT2D eigenvalue weighted by atomic mass is 16.5. The van der Waals surface area contributed by atoms with Gasteiger partial charge in [0.1, 0.15) is 0 Å². The first-order chi connectivity index (χ1) is 9.24. The number of hydrogen-bond acceptors (Lipinski definition) is 3. The number of hydrogen-bond donors (Lipinski definition) is 1. The lowest BCUT2D eigenvalue weighted by Crippen LogP contribution is -2.37. The van der Waals surface area contributed by atoms with Crippen LogP contribution in [0, 0.1) is 0 Å². The summed E-state index contributed by atoms with van der Waals surface area (Å²) in [4.78, 5) is 14.4. The van der Waals surface area contributed by atoms with E-state index in [1.54, 1.807) is 7.11 Å². The van der Waals surface area contributed by atoms with Gasteiger partial charge in [0.25, 0.3) is 0 Å². The van der Waals surface area contributed by atoms with Gasteiger partial charge in [-0.3, -0.25) is 10.1 Å². The molecule has 2 unspecified atom stereocenters. The molecule has 1 amide bonds. The maximum absolute atomic E-state index is 12.4. The van der Waals surface area contributed by atoms with E-state index >= 15 is 0 Å². The van der Waals surface area contributed by atoms with E-state index in [0.29, 0.717) is 5.91 Å². The van der Waals surface area contributed by atoms with Gasteiger partial charge in [-0.05, 0) is 25.7 Å². The van der Waals surface area contributed by atoms with Gasteiger partial charge in [-0.15, -0.1) is 0 Å². The summed E-state index contributed by atoms with van der Waals surface area (Å²) in [5.41, 5.74) is 0. The lowest BCUT2D eigenvalue weighted by Gasteiger charge is -2.23. The Morgan fingerprint density at radius 2 is 1.95 bits per heavy atom. The highest BCUT2D eigenvalue weighted by molar-refractivity contribution is 5.84. The molecule has 0 saturated carbocycles. The van der Waals surface area contributed by atoms with Gasteiger partial charge in [0.15, 0.2) is 0 Å². The van der Waals surface area contributed by atoms with Crippen LogP contribution in [0.2, 0.25) is 0 Å². The quantitative estimate of drug-likeness (QED) is 0.620. The molecule has 0 aromatic heterocycles. The van der Waals surface area contributed by atoms with Crippen LogP contribution >= 0.6 is 0 Å². The number of amides is 1. The number of carbonyl (C=O) groups excluding carboxylic acids is 1. The van der Waals surface area contributed by atoms with E-state index in [1.807, 2.05) is 0 Å². The van der Waals surface area contributed by atoms with Crippen LogP contribution in [0.3, 0.4) is 0 Å². The Hall–Kier alpha value is -0.610. The predicted molar refractivity (Wildman–Crippen MR) is 78.0 cm³/mol. The van der Waals surface area contributed by atoms with Crippen molar-refractivity contribution >= 4 is 5.91 Å². The molecular weight excluding hydrogens is 240 g/mol. The molecule has 2 atom stereocenters. The third kappa shape index (κ3) is 5.11. The third-order valence-corrected chi connectivity index (χ3v) is 3.76. The standard InChI is InChI=1S/C15H30N2O2/c1-4-6-10-13-15(18)17(11-7-8-12-19-3)14(16-13)9-5-2/h13-14,16H,4-12H2,1-3H3. The zero-order valence-corrected chi connectivity index (χ0v) is 12.8. The Labute approximate surface area is 117 Å². The largest absolute Gasteiger partial charge is 0.385 e. The minimum absolute atomic E-state index is 0.0546. The third-order valence-electron chi connectivity index (χ3n) is 3.76. The number of unbranched alkanes of at least 4 members (excludes halogenated alkanes) is 2. The van der Waals surface area contributed by atoms with E-state index in [0.717, 1.165) is 58.1 Å². The second-order valence-electron chi connectivity index (χ2n) is 5.40. The normalized spacial score (nSPS) is 23.3. The molecule has 112 valence electrons. The van der Waals surface area contributed by atoms with E-state index in [2.05, 4.69) is 24.1 Å². The van der Waals surface area contributed by atoms with Crippen LogP contribution in [0.4, 0.5) is 0 Å². The van der Waals surface area contributed by atoms with Crippen molar-refractivity contribution in [1.29, 1.82) is 0 Å². The number of methoxy groups -OCH3 is 1. The molecule has 0 aromatic rings. The van der Waals surface area contributed by atoms with Crippen LogP contribution in [-0.2, 0) is 9.53 Å². The van der Waals surface area contributed by atoms with Crippen molar-refractivity contribution in [2.45, 2.75) is 71.0 Å². The SMILES string of the molecule is CCCCC1NC(CCC)N(CCCCOC)C1=O. The summed E-state index contributed by atoms with van der Waals surface area (Å²) in [6.07, 6.45) is 7.72. The summed E-state index contributed by atoms with van der Waals surface area (Å²) < 4.78 is 5.06. The number of nitrogens with one attached hydrogen (secondary N) is 1. The first kappa shape index (κ1) is 16.4. The van der Waals surface area contributed by atoms with Gasteiger partial charge >= 0.3 is 0 Å². The molecule has 1 aliphatic rings. The van der Waals surface area contributed by atoms with Crippen molar-refractivity contribution < 1.29 is 9.53 Å². The van der Waals surface area contributed by atoms with Gasteiger partial charge in [0.05, 0.1) is 12.2 Å². The fourth-order valence-electron chi connectivity index (χ4n) is 2.67. The minimum Gasteiger partial charge on any atom is -0.385 e.